The smallest absolute Gasteiger partial charge is 0.228 e. The molecule has 0 spiro atoms. The Morgan fingerprint density at radius 2 is 2.53 bits per heavy atom. The van der Waals surface area contributed by atoms with Crippen molar-refractivity contribution in [3.8, 4) is 6.07 Å². The van der Waals surface area contributed by atoms with Gasteiger partial charge in [-0.1, -0.05) is 13.8 Å². The number of aromatic nitrogens is 2. The second kappa shape index (κ2) is 5.15. The molecule has 0 aromatic carbocycles. The van der Waals surface area contributed by atoms with Crippen LogP contribution >= 0.6 is 0 Å². The normalized spacial score (nSPS) is 11.8. The van der Waals surface area contributed by atoms with E-state index in [1.54, 1.807) is 12.3 Å². The maximum absolute atomic E-state index is 11.5. The summed E-state index contributed by atoms with van der Waals surface area (Å²) >= 11 is 0. The van der Waals surface area contributed by atoms with Gasteiger partial charge in [0.15, 0.2) is 5.82 Å². The van der Waals surface area contributed by atoms with Gasteiger partial charge in [-0.2, -0.15) is 10.4 Å². The van der Waals surface area contributed by atoms with Crippen LogP contribution in [0.5, 0.6) is 0 Å². The number of hydrogen-bond acceptors (Lipinski definition) is 3. The van der Waals surface area contributed by atoms with Gasteiger partial charge in [0.25, 0.3) is 0 Å². The van der Waals surface area contributed by atoms with Crippen LogP contribution in [0.25, 0.3) is 0 Å². The number of nitrogens with zero attached hydrogens (tertiary/aromatic N) is 3. The molecule has 1 aromatic rings. The number of carbonyl (C=O) groups is 1. The van der Waals surface area contributed by atoms with Gasteiger partial charge in [-0.05, 0) is 6.42 Å². The standard InChI is InChI=1S/C10H14N4O/c1-3-8(2)10(15)12-9-4-6-14(13-9)7-5-11/h4,6,8H,3,7H2,1-2H3,(H,12,13,15). The fourth-order valence-electron chi connectivity index (χ4n) is 1.02. The van der Waals surface area contributed by atoms with E-state index in [1.165, 1.54) is 4.68 Å². The maximum atomic E-state index is 11.5. The molecular weight excluding hydrogens is 192 g/mol. The van der Waals surface area contributed by atoms with Gasteiger partial charge >= 0.3 is 0 Å². The van der Waals surface area contributed by atoms with Crippen LogP contribution in [0.15, 0.2) is 12.3 Å². The van der Waals surface area contributed by atoms with Gasteiger partial charge in [-0.3, -0.25) is 9.48 Å². The van der Waals surface area contributed by atoms with Crippen molar-refractivity contribution >= 4 is 11.7 Å². The fraction of sp³-hybridized carbons (Fsp3) is 0.500. The van der Waals surface area contributed by atoms with Gasteiger partial charge in [0.05, 0.1) is 6.07 Å². The highest BCUT2D eigenvalue weighted by atomic mass is 16.1. The molecule has 1 aromatic heterocycles. The summed E-state index contributed by atoms with van der Waals surface area (Å²) in [6, 6.07) is 3.65. The lowest BCUT2D eigenvalue weighted by Gasteiger charge is -2.06. The Bertz CT molecular complexity index is 377. The molecule has 0 aliphatic rings. The van der Waals surface area contributed by atoms with Crippen LogP contribution in [0.4, 0.5) is 5.82 Å². The molecule has 1 atom stereocenters. The number of carbonyl (C=O) groups excluding carboxylic acids is 1. The van der Waals surface area contributed by atoms with E-state index in [1.807, 2.05) is 19.9 Å². The van der Waals surface area contributed by atoms with Crippen molar-refractivity contribution in [1.82, 2.24) is 9.78 Å². The van der Waals surface area contributed by atoms with E-state index in [9.17, 15) is 4.79 Å². The Labute approximate surface area is 88.7 Å². The van der Waals surface area contributed by atoms with Crippen LogP contribution in [0, 0.1) is 17.2 Å². The van der Waals surface area contributed by atoms with Crippen LogP contribution in [0.1, 0.15) is 20.3 Å². The van der Waals surface area contributed by atoms with Crippen LogP contribution < -0.4 is 5.32 Å². The highest BCUT2D eigenvalue weighted by molar-refractivity contribution is 5.91. The fourth-order valence-corrected chi connectivity index (χ4v) is 1.02. The molecule has 0 aliphatic heterocycles. The van der Waals surface area contributed by atoms with Crippen molar-refractivity contribution in [1.29, 1.82) is 5.26 Å². The summed E-state index contributed by atoms with van der Waals surface area (Å²) in [4.78, 5) is 11.5. The average molecular weight is 206 g/mol. The van der Waals surface area contributed by atoms with E-state index in [4.69, 9.17) is 5.26 Å². The van der Waals surface area contributed by atoms with Crippen molar-refractivity contribution in [3.05, 3.63) is 12.3 Å². The predicted molar refractivity (Wildman–Crippen MR) is 55.9 cm³/mol. The van der Waals surface area contributed by atoms with E-state index in [-0.39, 0.29) is 18.4 Å². The summed E-state index contributed by atoms with van der Waals surface area (Å²) in [7, 11) is 0. The minimum Gasteiger partial charge on any atom is -0.309 e. The van der Waals surface area contributed by atoms with Crippen LogP contribution in [-0.4, -0.2) is 15.7 Å². The SMILES string of the molecule is CCC(C)C(=O)Nc1ccn(CC#N)n1. The van der Waals surface area contributed by atoms with E-state index in [2.05, 4.69) is 10.4 Å². The van der Waals surface area contributed by atoms with Gasteiger partial charge < -0.3 is 5.32 Å². The average Bonchev–Trinajstić information content (AvgIpc) is 2.65. The zero-order chi connectivity index (χ0) is 11.3. The Kier molecular flexibility index (Phi) is 3.86. The van der Waals surface area contributed by atoms with Gasteiger partial charge in [-0.25, -0.2) is 0 Å². The summed E-state index contributed by atoms with van der Waals surface area (Å²) in [6.07, 6.45) is 2.46. The Morgan fingerprint density at radius 1 is 1.80 bits per heavy atom. The molecule has 0 fully saturated rings. The Balaban J connectivity index is 2.58. The van der Waals surface area contributed by atoms with E-state index < -0.39 is 0 Å². The van der Waals surface area contributed by atoms with Crippen LogP contribution in [0.3, 0.4) is 0 Å². The van der Waals surface area contributed by atoms with Crippen LogP contribution in [0.2, 0.25) is 0 Å². The van der Waals surface area contributed by atoms with Crippen molar-refractivity contribution in [2.75, 3.05) is 5.32 Å². The molecule has 80 valence electrons. The van der Waals surface area contributed by atoms with Crippen LogP contribution in [-0.2, 0) is 11.3 Å². The molecule has 1 unspecified atom stereocenters. The minimum absolute atomic E-state index is 0.0221. The summed E-state index contributed by atoms with van der Waals surface area (Å²) in [6.45, 7) is 4.01. The molecule has 1 heterocycles. The minimum atomic E-state index is -0.0419. The van der Waals surface area contributed by atoms with Gasteiger partial charge in [-0.15, -0.1) is 0 Å². The first kappa shape index (κ1) is 11.2. The molecule has 0 radical (unpaired) electrons. The number of hydrogen-bond donors (Lipinski definition) is 1. The Hall–Kier alpha value is -1.83. The third-order valence-electron chi connectivity index (χ3n) is 2.18. The maximum Gasteiger partial charge on any atom is 0.228 e. The molecule has 5 nitrogen and oxygen atoms in total. The van der Waals surface area contributed by atoms with Crippen molar-refractivity contribution < 1.29 is 4.79 Å². The number of nitriles is 1. The second-order valence-electron chi connectivity index (χ2n) is 3.36. The summed E-state index contributed by atoms with van der Waals surface area (Å²) < 4.78 is 1.48. The monoisotopic (exact) mass is 206 g/mol. The van der Waals surface area contributed by atoms with E-state index in [0.29, 0.717) is 5.82 Å². The Morgan fingerprint density at radius 3 is 3.13 bits per heavy atom. The molecule has 1 amide bonds. The molecule has 1 rings (SSSR count). The van der Waals surface area contributed by atoms with Gasteiger partial charge in [0, 0.05) is 18.2 Å². The largest absolute Gasteiger partial charge is 0.309 e. The highest BCUT2D eigenvalue weighted by Crippen LogP contribution is 2.07. The topological polar surface area (TPSA) is 70.7 Å². The number of nitrogens with one attached hydrogen (secondary N) is 1. The lowest BCUT2D eigenvalue weighted by atomic mass is 10.1. The highest BCUT2D eigenvalue weighted by Gasteiger charge is 2.11. The van der Waals surface area contributed by atoms with Crippen molar-refractivity contribution in [2.45, 2.75) is 26.8 Å². The number of rotatable bonds is 4. The molecule has 5 heteroatoms. The lowest BCUT2D eigenvalue weighted by molar-refractivity contribution is -0.119. The molecule has 0 saturated carbocycles. The first-order valence-electron chi connectivity index (χ1n) is 4.88. The lowest BCUT2D eigenvalue weighted by Crippen LogP contribution is -2.20. The number of anilines is 1. The molecule has 15 heavy (non-hydrogen) atoms. The zero-order valence-electron chi connectivity index (χ0n) is 8.90. The van der Waals surface area contributed by atoms with E-state index in [0.717, 1.165) is 6.42 Å². The third kappa shape index (κ3) is 3.09. The second-order valence-corrected chi connectivity index (χ2v) is 3.36. The molecule has 1 N–H and O–H groups in total. The van der Waals surface area contributed by atoms with E-state index >= 15 is 0 Å². The molecule has 0 aliphatic carbocycles. The summed E-state index contributed by atoms with van der Waals surface area (Å²) in [5, 5.41) is 15.1. The molecule has 0 saturated heterocycles. The summed E-state index contributed by atoms with van der Waals surface area (Å²) in [5.41, 5.74) is 0. The number of amides is 1. The first-order valence-corrected chi connectivity index (χ1v) is 4.88. The first-order chi connectivity index (χ1) is 7.17. The third-order valence-corrected chi connectivity index (χ3v) is 2.18. The van der Waals surface area contributed by atoms with Crippen molar-refractivity contribution in [3.63, 3.8) is 0 Å². The quantitative estimate of drug-likeness (QED) is 0.809. The van der Waals surface area contributed by atoms with Crippen molar-refractivity contribution in [2.24, 2.45) is 5.92 Å². The predicted octanol–water partition coefficient (Wildman–Crippen LogP) is 1.39. The van der Waals surface area contributed by atoms with Gasteiger partial charge in [0.1, 0.15) is 6.54 Å². The summed E-state index contributed by atoms with van der Waals surface area (Å²) in [5.74, 6) is 0.432. The molecule has 0 bridgehead atoms. The van der Waals surface area contributed by atoms with Gasteiger partial charge in [0.2, 0.25) is 5.91 Å². The zero-order valence-corrected chi connectivity index (χ0v) is 8.90. The molecular formula is C10H14N4O.